The summed E-state index contributed by atoms with van der Waals surface area (Å²) in [5.41, 5.74) is 1.46. The molecule has 0 N–H and O–H groups in total. The van der Waals surface area contributed by atoms with Gasteiger partial charge in [0.2, 0.25) is 0 Å². The van der Waals surface area contributed by atoms with Crippen molar-refractivity contribution < 1.29 is 22.3 Å². The zero-order chi connectivity index (χ0) is 24.6. The Morgan fingerprint density at radius 2 is 1.76 bits per heavy atom. The highest BCUT2D eigenvalue weighted by Gasteiger charge is 2.30. The largest absolute Gasteiger partial charge is 0.461 e. The van der Waals surface area contributed by atoms with Crippen LogP contribution in [0, 0.1) is 12.7 Å². The fourth-order valence-electron chi connectivity index (χ4n) is 4.69. The zero-order valence-corrected chi connectivity index (χ0v) is 20.9. The first kappa shape index (κ1) is 24.4. The van der Waals surface area contributed by atoms with Gasteiger partial charge in [0.25, 0.3) is 10.0 Å². The standard InChI is InChI=1S/C26H31FN2O4S/c1-5-33-26(30)25-15-20-14-22(19-10-12-28(13-11-19)17(2)3)23(27)16-24(20)29(25)34(31,32)21-8-6-18(4)7-9-21/h6-9,14-17,19H,5,10-13H2,1-4H3. The Morgan fingerprint density at radius 1 is 1.12 bits per heavy atom. The molecule has 182 valence electrons. The molecule has 6 nitrogen and oxygen atoms in total. The summed E-state index contributed by atoms with van der Waals surface area (Å²) in [5, 5.41) is 0.501. The molecule has 0 spiro atoms. The summed E-state index contributed by atoms with van der Waals surface area (Å²) < 4.78 is 48.6. The van der Waals surface area contributed by atoms with Crippen molar-refractivity contribution in [1.82, 2.24) is 8.87 Å². The lowest BCUT2D eigenvalue weighted by molar-refractivity contribution is 0.0518. The van der Waals surface area contributed by atoms with Crippen LogP contribution in [-0.4, -0.2) is 49.0 Å². The van der Waals surface area contributed by atoms with Crippen molar-refractivity contribution in [1.29, 1.82) is 0 Å². The number of nitrogens with zero attached hydrogens (tertiary/aromatic N) is 2. The van der Waals surface area contributed by atoms with E-state index in [0.29, 0.717) is 17.0 Å². The SMILES string of the molecule is CCOC(=O)c1cc2cc(C3CCN(C(C)C)CC3)c(F)cc2n1S(=O)(=O)c1ccc(C)cc1. The van der Waals surface area contributed by atoms with Crippen molar-refractivity contribution in [3.63, 3.8) is 0 Å². The van der Waals surface area contributed by atoms with Gasteiger partial charge >= 0.3 is 5.97 Å². The molecule has 2 heterocycles. The minimum atomic E-state index is -4.16. The van der Waals surface area contributed by atoms with E-state index in [1.54, 1.807) is 25.1 Å². The van der Waals surface area contributed by atoms with Gasteiger partial charge in [0.15, 0.2) is 0 Å². The van der Waals surface area contributed by atoms with Crippen molar-refractivity contribution in [2.75, 3.05) is 19.7 Å². The number of benzene rings is 2. The fraction of sp³-hybridized carbons (Fsp3) is 0.423. The predicted octanol–water partition coefficient (Wildman–Crippen LogP) is 5.09. The highest BCUT2D eigenvalue weighted by molar-refractivity contribution is 7.90. The third-order valence-electron chi connectivity index (χ3n) is 6.62. The van der Waals surface area contributed by atoms with E-state index in [4.69, 9.17) is 4.74 Å². The number of hydrogen-bond acceptors (Lipinski definition) is 5. The van der Waals surface area contributed by atoms with E-state index < -0.39 is 21.8 Å². The molecule has 34 heavy (non-hydrogen) atoms. The van der Waals surface area contributed by atoms with Crippen LogP contribution in [0.25, 0.3) is 10.9 Å². The Hall–Kier alpha value is -2.71. The van der Waals surface area contributed by atoms with Gasteiger partial charge in [0.1, 0.15) is 11.5 Å². The summed E-state index contributed by atoms with van der Waals surface area (Å²) in [6.07, 6.45) is 1.65. The van der Waals surface area contributed by atoms with Crippen LogP contribution in [0.1, 0.15) is 61.1 Å². The first-order chi connectivity index (χ1) is 16.1. The molecule has 3 aromatic rings. The summed E-state index contributed by atoms with van der Waals surface area (Å²) in [7, 11) is -4.16. The van der Waals surface area contributed by atoms with Crippen molar-refractivity contribution in [3.05, 3.63) is 65.1 Å². The van der Waals surface area contributed by atoms with Crippen LogP contribution in [0.15, 0.2) is 47.4 Å². The van der Waals surface area contributed by atoms with Crippen LogP contribution in [0.4, 0.5) is 4.39 Å². The number of halogens is 1. The van der Waals surface area contributed by atoms with E-state index in [1.165, 1.54) is 24.3 Å². The number of rotatable bonds is 6. The third kappa shape index (κ3) is 4.49. The molecule has 0 amide bonds. The molecule has 1 aliphatic rings. The number of piperidine rings is 1. The number of ether oxygens (including phenoxy) is 1. The molecule has 0 aliphatic carbocycles. The lowest BCUT2D eigenvalue weighted by atomic mass is 9.88. The van der Waals surface area contributed by atoms with Crippen molar-refractivity contribution in [2.24, 2.45) is 0 Å². The Morgan fingerprint density at radius 3 is 2.35 bits per heavy atom. The Balaban J connectivity index is 1.83. The van der Waals surface area contributed by atoms with Crippen LogP contribution in [0.5, 0.6) is 0 Å². The summed E-state index contributed by atoms with van der Waals surface area (Å²) >= 11 is 0. The molecular formula is C26H31FN2O4S. The van der Waals surface area contributed by atoms with Gasteiger partial charge in [-0.05, 0) is 95.4 Å². The predicted molar refractivity (Wildman–Crippen MR) is 130 cm³/mol. The van der Waals surface area contributed by atoms with Crippen LogP contribution >= 0.6 is 0 Å². The zero-order valence-electron chi connectivity index (χ0n) is 20.0. The van der Waals surface area contributed by atoms with E-state index in [9.17, 15) is 13.2 Å². The molecule has 1 aromatic heterocycles. The van der Waals surface area contributed by atoms with E-state index in [1.807, 2.05) is 6.92 Å². The summed E-state index contributed by atoms with van der Waals surface area (Å²) in [4.78, 5) is 15.1. The van der Waals surface area contributed by atoms with Gasteiger partial charge in [0.05, 0.1) is 17.0 Å². The molecule has 0 saturated carbocycles. The van der Waals surface area contributed by atoms with Crippen molar-refractivity contribution >= 4 is 26.9 Å². The molecule has 0 unspecified atom stereocenters. The quantitative estimate of drug-likeness (QED) is 0.454. The average molecular weight is 487 g/mol. The first-order valence-electron chi connectivity index (χ1n) is 11.7. The number of fused-ring (bicyclic) bond motifs is 1. The maximum absolute atomic E-state index is 15.4. The number of carbonyl (C=O) groups excluding carboxylic acids is 1. The lowest BCUT2D eigenvalue weighted by Gasteiger charge is -2.34. The molecule has 0 atom stereocenters. The van der Waals surface area contributed by atoms with Crippen molar-refractivity contribution in [2.45, 2.75) is 57.4 Å². The van der Waals surface area contributed by atoms with E-state index in [0.717, 1.165) is 35.5 Å². The lowest BCUT2D eigenvalue weighted by Crippen LogP contribution is -2.38. The monoisotopic (exact) mass is 486 g/mol. The third-order valence-corrected chi connectivity index (χ3v) is 8.36. The molecular weight excluding hydrogens is 455 g/mol. The van der Waals surface area contributed by atoms with Crippen LogP contribution in [0.2, 0.25) is 0 Å². The van der Waals surface area contributed by atoms with Gasteiger partial charge < -0.3 is 9.64 Å². The maximum Gasteiger partial charge on any atom is 0.356 e. The molecule has 1 fully saturated rings. The second-order valence-electron chi connectivity index (χ2n) is 9.17. The minimum Gasteiger partial charge on any atom is -0.461 e. The van der Waals surface area contributed by atoms with Crippen molar-refractivity contribution in [3.8, 4) is 0 Å². The minimum absolute atomic E-state index is 0.0201. The molecule has 1 saturated heterocycles. The summed E-state index contributed by atoms with van der Waals surface area (Å²) in [6.45, 7) is 9.68. The number of likely N-dealkylation sites (tertiary alicyclic amines) is 1. The molecule has 8 heteroatoms. The number of aryl methyl sites for hydroxylation is 1. The number of hydrogen-bond donors (Lipinski definition) is 0. The Kier molecular flexibility index (Phi) is 6.82. The van der Waals surface area contributed by atoms with Crippen LogP contribution in [0.3, 0.4) is 0 Å². The van der Waals surface area contributed by atoms with Gasteiger partial charge in [-0.1, -0.05) is 17.7 Å². The second-order valence-corrected chi connectivity index (χ2v) is 11.0. The summed E-state index contributed by atoms with van der Waals surface area (Å²) in [6, 6.07) is 11.2. The summed E-state index contributed by atoms with van der Waals surface area (Å²) in [5.74, 6) is -1.17. The first-order valence-corrected chi connectivity index (χ1v) is 13.2. The Bertz CT molecular complexity index is 1300. The van der Waals surface area contributed by atoms with Crippen LogP contribution in [-0.2, 0) is 14.8 Å². The molecule has 4 rings (SSSR count). The average Bonchev–Trinajstić information content (AvgIpc) is 3.18. The van der Waals surface area contributed by atoms with Gasteiger partial charge in [0, 0.05) is 11.4 Å². The van der Waals surface area contributed by atoms with Crippen LogP contribution < -0.4 is 0 Å². The maximum atomic E-state index is 15.4. The highest BCUT2D eigenvalue weighted by Crippen LogP contribution is 2.35. The molecule has 0 bridgehead atoms. The van der Waals surface area contributed by atoms with E-state index in [-0.39, 0.29) is 28.6 Å². The smallest absolute Gasteiger partial charge is 0.356 e. The van der Waals surface area contributed by atoms with Gasteiger partial charge in [-0.2, -0.15) is 0 Å². The van der Waals surface area contributed by atoms with Gasteiger partial charge in [-0.25, -0.2) is 21.6 Å². The number of aromatic nitrogens is 1. The Labute approximate surface area is 200 Å². The highest BCUT2D eigenvalue weighted by atomic mass is 32.2. The normalized spacial score (nSPS) is 15.8. The van der Waals surface area contributed by atoms with E-state index >= 15 is 4.39 Å². The van der Waals surface area contributed by atoms with Gasteiger partial charge in [-0.15, -0.1) is 0 Å². The molecule has 0 radical (unpaired) electrons. The van der Waals surface area contributed by atoms with Gasteiger partial charge in [-0.3, -0.25) is 0 Å². The molecule has 1 aliphatic heterocycles. The second kappa shape index (κ2) is 9.50. The number of esters is 1. The topological polar surface area (TPSA) is 68.6 Å². The number of carbonyl (C=O) groups is 1. The molecule has 2 aromatic carbocycles. The fourth-order valence-corrected chi connectivity index (χ4v) is 6.18. The van der Waals surface area contributed by atoms with E-state index in [2.05, 4.69) is 18.7 Å².